The number of fused-ring (bicyclic) bond motifs is 1. The van der Waals surface area contributed by atoms with Gasteiger partial charge in [-0.2, -0.15) is 0 Å². The van der Waals surface area contributed by atoms with Gasteiger partial charge in [-0.05, 0) is 43.9 Å². The molecule has 2 rings (SSSR count). The first-order chi connectivity index (χ1) is 10.6. The van der Waals surface area contributed by atoms with Crippen LogP contribution in [0.3, 0.4) is 0 Å². The van der Waals surface area contributed by atoms with Crippen LogP contribution < -0.4 is 5.32 Å². The number of thiazole rings is 1. The largest absolute Gasteiger partial charge is 0.349 e. The molecule has 0 bridgehead atoms. The van der Waals surface area contributed by atoms with Gasteiger partial charge in [0.1, 0.15) is 0 Å². The zero-order valence-electron chi connectivity index (χ0n) is 13.6. The van der Waals surface area contributed by atoms with Crippen LogP contribution in [0.15, 0.2) is 35.4 Å². The van der Waals surface area contributed by atoms with E-state index < -0.39 is 0 Å². The zero-order valence-corrected chi connectivity index (χ0v) is 14.4. The van der Waals surface area contributed by atoms with Crippen molar-refractivity contribution >= 4 is 27.5 Å². The van der Waals surface area contributed by atoms with Gasteiger partial charge < -0.3 is 5.32 Å². The number of hydrogen-bond donors (Lipinski definition) is 1. The van der Waals surface area contributed by atoms with E-state index in [1.807, 2.05) is 18.2 Å². The lowest BCUT2D eigenvalue weighted by molar-refractivity contribution is 0.0958. The normalized spacial score (nSPS) is 12.1. The maximum absolute atomic E-state index is 12.1. The van der Waals surface area contributed by atoms with Crippen molar-refractivity contribution in [1.82, 2.24) is 10.3 Å². The lowest BCUT2D eigenvalue weighted by Gasteiger charge is -2.06. The summed E-state index contributed by atoms with van der Waals surface area (Å²) in [4.78, 5) is 16.4. The first kappa shape index (κ1) is 16.7. The molecule has 1 amide bonds. The minimum atomic E-state index is -0.0264. The summed E-state index contributed by atoms with van der Waals surface area (Å²) in [6.07, 6.45) is 5.70. The second-order valence-electron chi connectivity index (χ2n) is 6.08. The highest BCUT2D eigenvalue weighted by atomic mass is 32.1. The highest BCUT2D eigenvalue weighted by Crippen LogP contribution is 2.19. The van der Waals surface area contributed by atoms with Gasteiger partial charge in [0.25, 0.3) is 5.91 Å². The molecule has 0 aliphatic rings. The standard InChI is InChI=1S/C18H24N2OS/c1-13(2)5-4-6-14(3)9-10-19-18(21)15-7-8-16-17(11-15)22-12-20-16/h7-9,11-13H,4-6,10H2,1-3H3,(H,19,21)/b14-9+. The fourth-order valence-electron chi connectivity index (χ4n) is 2.31. The van der Waals surface area contributed by atoms with E-state index in [-0.39, 0.29) is 5.91 Å². The van der Waals surface area contributed by atoms with Gasteiger partial charge in [0.2, 0.25) is 0 Å². The Morgan fingerprint density at radius 3 is 3.00 bits per heavy atom. The SMILES string of the molecule is C/C(=C\CNC(=O)c1ccc2ncsc2c1)CCCC(C)C. The third kappa shape index (κ3) is 4.95. The summed E-state index contributed by atoms with van der Waals surface area (Å²) in [5, 5.41) is 2.95. The number of hydrogen-bond acceptors (Lipinski definition) is 3. The Bertz CT molecular complexity index is 658. The minimum absolute atomic E-state index is 0.0264. The average Bonchev–Trinajstić information content (AvgIpc) is 2.94. The van der Waals surface area contributed by atoms with E-state index in [1.165, 1.54) is 18.4 Å². The number of nitrogens with zero attached hydrogens (tertiary/aromatic N) is 1. The summed E-state index contributed by atoms with van der Waals surface area (Å²) in [5.74, 6) is 0.732. The van der Waals surface area contributed by atoms with Crippen molar-refractivity contribution in [2.24, 2.45) is 5.92 Å². The second-order valence-corrected chi connectivity index (χ2v) is 6.97. The van der Waals surface area contributed by atoms with Crippen molar-refractivity contribution in [1.29, 1.82) is 0 Å². The van der Waals surface area contributed by atoms with E-state index in [0.717, 1.165) is 22.6 Å². The Morgan fingerprint density at radius 1 is 1.41 bits per heavy atom. The predicted octanol–water partition coefficient (Wildman–Crippen LogP) is 4.80. The Balaban J connectivity index is 1.81. The molecule has 0 atom stereocenters. The van der Waals surface area contributed by atoms with Gasteiger partial charge in [-0.1, -0.05) is 31.9 Å². The fourth-order valence-corrected chi connectivity index (χ4v) is 3.02. The van der Waals surface area contributed by atoms with Crippen molar-refractivity contribution in [3.05, 3.63) is 40.9 Å². The first-order valence-corrected chi connectivity index (χ1v) is 8.71. The molecule has 3 nitrogen and oxygen atoms in total. The summed E-state index contributed by atoms with van der Waals surface area (Å²) in [6, 6.07) is 5.63. The predicted molar refractivity (Wildman–Crippen MR) is 94.4 cm³/mol. The van der Waals surface area contributed by atoms with Crippen molar-refractivity contribution in [3.63, 3.8) is 0 Å². The molecule has 0 radical (unpaired) electrons. The number of carbonyl (C=O) groups is 1. The highest BCUT2D eigenvalue weighted by Gasteiger charge is 2.06. The molecule has 2 aromatic rings. The number of allylic oxidation sites excluding steroid dienone is 1. The highest BCUT2D eigenvalue weighted by molar-refractivity contribution is 7.16. The summed E-state index contributed by atoms with van der Waals surface area (Å²) in [7, 11) is 0. The molecule has 1 heterocycles. The molecule has 22 heavy (non-hydrogen) atoms. The maximum Gasteiger partial charge on any atom is 0.251 e. The average molecular weight is 316 g/mol. The molecule has 1 aromatic carbocycles. The summed E-state index contributed by atoms with van der Waals surface area (Å²) >= 11 is 1.56. The van der Waals surface area contributed by atoms with Crippen molar-refractivity contribution in [2.75, 3.05) is 6.54 Å². The molecule has 0 saturated heterocycles. The number of rotatable bonds is 7. The quantitative estimate of drug-likeness (QED) is 0.746. The second kappa shape index (κ2) is 8.08. The van der Waals surface area contributed by atoms with E-state index in [2.05, 4.69) is 37.1 Å². The summed E-state index contributed by atoms with van der Waals surface area (Å²) in [5.41, 5.74) is 4.79. The third-order valence-corrected chi connectivity index (χ3v) is 4.45. The summed E-state index contributed by atoms with van der Waals surface area (Å²) in [6.45, 7) is 7.22. The summed E-state index contributed by atoms with van der Waals surface area (Å²) < 4.78 is 1.05. The topological polar surface area (TPSA) is 42.0 Å². The zero-order chi connectivity index (χ0) is 15.9. The Hall–Kier alpha value is -1.68. The van der Waals surface area contributed by atoms with E-state index in [0.29, 0.717) is 12.1 Å². The fraction of sp³-hybridized carbons (Fsp3) is 0.444. The molecule has 118 valence electrons. The first-order valence-electron chi connectivity index (χ1n) is 7.83. The van der Waals surface area contributed by atoms with Crippen LogP contribution in [0.1, 0.15) is 50.4 Å². The van der Waals surface area contributed by atoms with E-state index in [1.54, 1.807) is 16.8 Å². The van der Waals surface area contributed by atoms with Crippen LogP contribution in [0.25, 0.3) is 10.2 Å². The lowest BCUT2D eigenvalue weighted by Crippen LogP contribution is -2.23. The van der Waals surface area contributed by atoms with Gasteiger partial charge in [0.05, 0.1) is 15.7 Å². The van der Waals surface area contributed by atoms with Crippen LogP contribution in [-0.4, -0.2) is 17.4 Å². The Labute approximate surface area is 136 Å². The minimum Gasteiger partial charge on any atom is -0.349 e. The van der Waals surface area contributed by atoms with Gasteiger partial charge in [-0.15, -0.1) is 11.3 Å². The molecule has 0 aliphatic carbocycles. The van der Waals surface area contributed by atoms with Gasteiger partial charge in [0, 0.05) is 12.1 Å². The molecule has 0 unspecified atom stereocenters. The molecule has 0 aliphatic heterocycles. The molecular formula is C18H24N2OS. The molecular weight excluding hydrogens is 292 g/mol. The van der Waals surface area contributed by atoms with Crippen LogP contribution in [0.4, 0.5) is 0 Å². The van der Waals surface area contributed by atoms with Crippen molar-refractivity contribution in [3.8, 4) is 0 Å². The van der Waals surface area contributed by atoms with Crippen LogP contribution >= 0.6 is 11.3 Å². The molecule has 4 heteroatoms. The number of nitrogens with one attached hydrogen (secondary N) is 1. The lowest BCUT2D eigenvalue weighted by atomic mass is 10.0. The Morgan fingerprint density at radius 2 is 2.23 bits per heavy atom. The van der Waals surface area contributed by atoms with Crippen LogP contribution in [0, 0.1) is 5.92 Å². The Kier molecular flexibility index (Phi) is 6.13. The van der Waals surface area contributed by atoms with Crippen LogP contribution in [-0.2, 0) is 0 Å². The number of benzene rings is 1. The third-order valence-electron chi connectivity index (χ3n) is 3.66. The maximum atomic E-state index is 12.1. The molecule has 0 fully saturated rings. The molecule has 0 saturated carbocycles. The van der Waals surface area contributed by atoms with E-state index in [9.17, 15) is 4.79 Å². The van der Waals surface area contributed by atoms with Crippen molar-refractivity contribution in [2.45, 2.75) is 40.0 Å². The van der Waals surface area contributed by atoms with Crippen LogP contribution in [0.5, 0.6) is 0 Å². The number of carbonyl (C=O) groups excluding carboxylic acids is 1. The molecule has 1 N–H and O–H groups in total. The molecule has 0 spiro atoms. The van der Waals surface area contributed by atoms with Gasteiger partial charge in [0.15, 0.2) is 0 Å². The van der Waals surface area contributed by atoms with E-state index >= 15 is 0 Å². The molecule has 1 aromatic heterocycles. The van der Waals surface area contributed by atoms with E-state index in [4.69, 9.17) is 0 Å². The van der Waals surface area contributed by atoms with Crippen molar-refractivity contribution < 1.29 is 4.79 Å². The van der Waals surface area contributed by atoms with Crippen LogP contribution in [0.2, 0.25) is 0 Å². The van der Waals surface area contributed by atoms with Gasteiger partial charge >= 0.3 is 0 Å². The van der Waals surface area contributed by atoms with Gasteiger partial charge in [-0.3, -0.25) is 4.79 Å². The number of aromatic nitrogens is 1. The van der Waals surface area contributed by atoms with Gasteiger partial charge in [-0.25, -0.2) is 4.98 Å². The number of amides is 1. The monoisotopic (exact) mass is 316 g/mol. The smallest absolute Gasteiger partial charge is 0.251 e.